The molecule has 0 radical (unpaired) electrons. The highest BCUT2D eigenvalue weighted by molar-refractivity contribution is 6.29. The van der Waals surface area contributed by atoms with Gasteiger partial charge in [-0.15, -0.1) is 10.2 Å². The zero-order chi connectivity index (χ0) is 15.4. The third-order valence-electron chi connectivity index (χ3n) is 4.52. The highest BCUT2D eigenvalue weighted by atomic mass is 35.5. The van der Waals surface area contributed by atoms with Crippen LogP contribution in [0.1, 0.15) is 39.7 Å². The average molecular weight is 313 g/mol. The highest BCUT2D eigenvalue weighted by Gasteiger charge is 2.49. The number of anilines is 1. The summed E-state index contributed by atoms with van der Waals surface area (Å²) >= 11 is 5.90. The Hall–Kier alpha value is -0.940. The van der Waals surface area contributed by atoms with Gasteiger partial charge < -0.3 is 10.2 Å². The summed E-state index contributed by atoms with van der Waals surface area (Å²) in [4.78, 5) is 2.08. The maximum absolute atomic E-state index is 15.0. The summed E-state index contributed by atoms with van der Waals surface area (Å²) in [6.07, 6.45) is 0.623. The summed E-state index contributed by atoms with van der Waals surface area (Å²) in [6.45, 7) is 8.88. The minimum Gasteiger partial charge on any atom is -0.349 e. The SMILES string of the molecule is CC1(C)C[C@H](N2CCc3cc(Cl)nnc32)[C@H](F)C(C)(C)N1. The lowest BCUT2D eigenvalue weighted by Crippen LogP contribution is -2.69. The first-order valence-corrected chi connectivity index (χ1v) is 7.80. The van der Waals surface area contributed by atoms with E-state index in [1.54, 1.807) is 0 Å². The van der Waals surface area contributed by atoms with Gasteiger partial charge in [0.2, 0.25) is 0 Å². The second-order valence-corrected chi connectivity index (χ2v) is 7.75. The fourth-order valence-corrected chi connectivity index (χ4v) is 4.03. The number of hydrogen-bond acceptors (Lipinski definition) is 4. The molecule has 2 atom stereocenters. The van der Waals surface area contributed by atoms with Crippen LogP contribution < -0.4 is 10.2 Å². The fraction of sp³-hybridized carbons (Fsp3) is 0.733. The van der Waals surface area contributed by atoms with E-state index in [-0.39, 0.29) is 11.6 Å². The van der Waals surface area contributed by atoms with E-state index in [1.807, 2.05) is 19.9 Å². The number of aromatic nitrogens is 2. The number of nitrogens with zero attached hydrogens (tertiary/aromatic N) is 3. The predicted molar refractivity (Wildman–Crippen MR) is 82.7 cm³/mol. The Labute approximate surface area is 130 Å². The molecule has 4 nitrogen and oxygen atoms in total. The molecule has 0 bridgehead atoms. The number of halogens is 2. The van der Waals surface area contributed by atoms with Crippen molar-refractivity contribution >= 4 is 17.4 Å². The van der Waals surface area contributed by atoms with E-state index in [0.717, 1.165) is 30.8 Å². The third-order valence-corrected chi connectivity index (χ3v) is 4.71. The Morgan fingerprint density at radius 3 is 2.76 bits per heavy atom. The summed E-state index contributed by atoms with van der Waals surface area (Å²) < 4.78 is 15.0. The van der Waals surface area contributed by atoms with Crippen molar-refractivity contribution in [1.29, 1.82) is 0 Å². The van der Waals surface area contributed by atoms with Crippen LogP contribution in [0.15, 0.2) is 6.07 Å². The highest BCUT2D eigenvalue weighted by Crippen LogP contribution is 2.38. The standard InChI is InChI=1S/C15H22ClFN4/c1-14(2)8-10(12(17)15(3,4)20-14)21-6-5-9-7-11(16)18-19-13(9)21/h7,10,12,20H,5-6,8H2,1-4H3/t10-,12-/m0/s1. The van der Waals surface area contributed by atoms with Gasteiger partial charge in [0.1, 0.15) is 6.17 Å². The van der Waals surface area contributed by atoms with E-state index in [2.05, 4.69) is 34.3 Å². The summed E-state index contributed by atoms with van der Waals surface area (Å²) in [7, 11) is 0. The Morgan fingerprint density at radius 2 is 2.05 bits per heavy atom. The van der Waals surface area contributed by atoms with Crippen LogP contribution >= 0.6 is 11.6 Å². The second kappa shape index (κ2) is 4.78. The van der Waals surface area contributed by atoms with Crippen molar-refractivity contribution < 1.29 is 4.39 Å². The first kappa shape index (κ1) is 15.0. The maximum atomic E-state index is 15.0. The Kier molecular flexibility index (Phi) is 3.41. The van der Waals surface area contributed by atoms with Crippen molar-refractivity contribution in [2.45, 2.75) is 63.8 Å². The van der Waals surface area contributed by atoms with Crippen molar-refractivity contribution in [3.8, 4) is 0 Å². The zero-order valence-corrected chi connectivity index (χ0v) is 13.7. The van der Waals surface area contributed by atoms with Crippen LogP contribution in [0.3, 0.4) is 0 Å². The third kappa shape index (κ3) is 2.61. The maximum Gasteiger partial charge on any atom is 0.155 e. The first-order valence-electron chi connectivity index (χ1n) is 7.42. The quantitative estimate of drug-likeness (QED) is 0.866. The van der Waals surface area contributed by atoms with Crippen molar-refractivity contribution in [2.75, 3.05) is 11.4 Å². The zero-order valence-electron chi connectivity index (χ0n) is 13.0. The summed E-state index contributed by atoms with van der Waals surface area (Å²) in [5.74, 6) is 0.792. The number of nitrogens with one attached hydrogen (secondary N) is 1. The molecule has 3 rings (SSSR count). The molecule has 2 aliphatic rings. The molecule has 1 N–H and O–H groups in total. The van der Waals surface area contributed by atoms with Gasteiger partial charge in [0.25, 0.3) is 0 Å². The molecule has 6 heteroatoms. The van der Waals surface area contributed by atoms with Gasteiger partial charge in [-0.2, -0.15) is 0 Å². The van der Waals surface area contributed by atoms with E-state index < -0.39 is 11.7 Å². The van der Waals surface area contributed by atoms with Gasteiger partial charge in [-0.3, -0.25) is 0 Å². The number of rotatable bonds is 1. The number of alkyl halides is 1. The van der Waals surface area contributed by atoms with Crippen LogP contribution in [-0.4, -0.2) is 40.0 Å². The lowest BCUT2D eigenvalue weighted by Gasteiger charge is -2.51. The van der Waals surface area contributed by atoms with Crippen molar-refractivity contribution in [3.63, 3.8) is 0 Å². The molecule has 1 saturated heterocycles. The second-order valence-electron chi connectivity index (χ2n) is 7.36. The van der Waals surface area contributed by atoms with Gasteiger partial charge in [-0.1, -0.05) is 11.6 Å². The molecule has 0 unspecified atom stereocenters. The fourth-order valence-electron chi connectivity index (χ4n) is 3.86. The smallest absolute Gasteiger partial charge is 0.155 e. The van der Waals surface area contributed by atoms with Gasteiger partial charge in [0, 0.05) is 23.2 Å². The van der Waals surface area contributed by atoms with Gasteiger partial charge in [-0.25, -0.2) is 4.39 Å². The van der Waals surface area contributed by atoms with Crippen molar-refractivity contribution in [1.82, 2.24) is 15.5 Å². The van der Waals surface area contributed by atoms with Gasteiger partial charge in [0.05, 0.1) is 6.04 Å². The lowest BCUT2D eigenvalue weighted by molar-refractivity contribution is 0.0555. The van der Waals surface area contributed by atoms with Crippen LogP contribution in [0.2, 0.25) is 5.15 Å². The monoisotopic (exact) mass is 312 g/mol. The first-order chi connectivity index (χ1) is 9.70. The molecule has 1 fully saturated rings. The number of fused-ring (bicyclic) bond motifs is 1. The Balaban J connectivity index is 1.94. The van der Waals surface area contributed by atoms with Crippen LogP contribution in [0.4, 0.5) is 10.2 Å². The van der Waals surface area contributed by atoms with Gasteiger partial charge in [0.15, 0.2) is 11.0 Å². The van der Waals surface area contributed by atoms with E-state index in [0.29, 0.717) is 5.15 Å². The molecular weight excluding hydrogens is 291 g/mol. The molecule has 0 spiro atoms. The number of hydrogen-bond donors (Lipinski definition) is 1. The molecule has 0 saturated carbocycles. The Morgan fingerprint density at radius 1 is 1.33 bits per heavy atom. The lowest BCUT2D eigenvalue weighted by atomic mass is 9.77. The van der Waals surface area contributed by atoms with E-state index >= 15 is 4.39 Å². The molecular formula is C15H22ClFN4. The van der Waals surface area contributed by atoms with Crippen molar-refractivity contribution in [3.05, 3.63) is 16.8 Å². The van der Waals surface area contributed by atoms with Gasteiger partial charge >= 0.3 is 0 Å². The van der Waals surface area contributed by atoms with E-state index in [4.69, 9.17) is 11.6 Å². The molecule has 21 heavy (non-hydrogen) atoms. The largest absolute Gasteiger partial charge is 0.349 e. The molecule has 1 aromatic heterocycles. The minimum atomic E-state index is -0.964. The molecule has 0 amide bonds. The molecule has 1 aromatic rings. The molecule has 2 aliphatic heterocycles. The molecule has 0 aliphatic carbocycles. The van der Waals surface area contributed by atoms with Crippen LogP contribution in [0.25, 0.3) is 0 Å². The topological polar surface area (TPSA) is 41.1 Å². The Bertz CT molecular complexity index is 561. The molecule has 3 heterocycles. The molecule has 116 valence electrons. The van der Waals surface area contributed by atoms with Crippen LogP contribution in [0.5, 0.6) is 0 Å². The van der Waals surface area contributed by atoms with Crippen LogP contribution in [0, 0.1) is 0 Å². The molecule has 0 aromatic carbocycles. The normalized spacial score (nSPS) is 30.3. The van der Waals surface area contributed by atoms with E-state index in [1.165, 1.54) is 0 Å². The van der Waals surface area contributed by atoms with E-state index in [9.17, 15) is 0 Å². The summed E-state index contributed by atoms with van der Waals surface area (Å²) in [6, 6.07) is 1.65. The predicted octanol–water partition coefficient (Wildman–Crippen LogP) is 2.75. The summed E-state index contributed by atoms with van der Waals surface area (Å²) in [5, 5.41) is 11.9. The van der Waals surface area contributed by atoms with Crippen molar-refractivity contribution in [2.24, 2.45) is 0 Å². The van der Waals surface area contributed by atoms with Crippen LogP contribution in [-0.2, 0) is 6.42 Å². The van der Waals surface area contributed by atoms with Gasteiger partial charge in [-0.05, 0) is 46.6 Å². The number of piperidine rings is 1. The average Bonchev–Trinajstić information content (AvgIpc) is 2.75. The summed E-state index contributed by atoms with van der Waals surface area (Å²) in [5.41, 5.74) is 0.394. The minimum absolute atomic E-state index is 0.112.